The van der Waals surface area contributed by atoms with E-state index >= 15 is 0 Å². The number of nitrogens with zero attached hydrogens (tertiary/aromatic N) is 3. The minimum absolute atomic E-state index is 0.566. The van der Waals surface area contributed by atoms with Gasteiger partial charge in [-0.3, -0.25) is 4.40 Å². The molecular formula is C11H15N5. The van der Waals surface area contributed by atoms with Crippen molar-refractivity contribution in [2.45, 2.75) is 19.0 Å². The quantitative estimate of drug-likeness (QED) is 0.770. The standard InChI is InChI=1S/C11H15N5/c1-2-6-16-10(3-1)14-15-11(16)8-13-9-4-5-12-7-9/h1-3,6,9,12-13H,4-5,7-8H2. The molecule has 1 saturated heterocycles. The topological polar surface area (TPSA) is 54.2 Å². The lowest BCUT2D eigenvalue weighted by molar-refractivity contribution is 0.533. The number of nitrogens with one attached hydrogen (secondary N) is 2. The number of hydrogen-bond acceptors (Lipinski definition) is 4. The van der Waals surface area contributed by atoms with Gasteiger partial charge in [-0.25, -0.2) is 0 Å². The lowest BCUT2D eigenvalue weighted by atomic mass is 10.2. The Morgan fingerprint density at radius 3 is 3.31 bits per heavy atom. The van der Waals surface area contributed by atoms with Gasteiger partial charge in [0.1, 0.15) is 0 Å². The van der Waals surface area contributed by atoms with E-state index in [0.717, 1.165) is 31.1 Å². The predicted molar refractivity (Wildman–Crippen MR) is 61.1 cm³/mol. The zero-order valence-electron chi connectivity index (χ0n) is 9.06. The molecule has 1 atom stereocenters. The Kier molecular flexibility index (Phi) is 2.55. The zero-order valence-corrected chi connectivity index (χ0v) is 9.06. The maximum atomic E-state index is 4.19. The second-order valence-corrected chi connectivity index (χ2v) is 4.12. The van der Waals surface area contributed by atoms with Crippen molar-refractivity contribution in [1.29, 1.82) is 0 Å². The van der Waals surface area contributed by atoms with Gasteiger partial charge in [0.05, 0.1) is 6.54 Å². The van der Waals surface area contributed by atoms with Crippen molar-refractivity contribution in [3.63, 3.8) is 0 Å². The van der Waals surface area contributed by atoms with Gasteiger partial charge in [0.25, 0.3) is 0 Å². The van der Waals surface area contributed by atoms with Gasteiger partial charge >= 0.3 is 0 Å². The van der Waals surface area contributed by atoms with E-state index in [1.165, 1.54) is 6.42 Å². The molecule has 2 aromatic rings. The van der Waals surface area contributed by atoms with Crippen molar-refractivity contribution in [2.24, 2.45) is 0 Å². The van der Waals surface area contributed by atoms with E-state index in [9.17, 15) is 0 Å². The van der Waals surface area contributed by atoms with E-state index in [4.69, 9.17) is 0 Å². The summed E-state index contributed by atoms with van der Waals surface area (Å²) < 4.78 is 2.02. The van der Waals surface area contributed by atoms with Gasteiger partial charge in [0.15, 0.2) is 11.5 Å². The van der Waals surface area contributed by atoms with E-state index < -0.39 is 0 Å². The Morgan fingerprint density at radius 2 is 2.44 bits per heavy atom. The first kappa shape index (κ1) is 9.74. The first-order chi connectivity index (χ1) is 7.93. The van der Waals surface area contributed by atoms with Crippen LogP contribution in [0.25, 0.3) is 5.65 Å². The van der Waals surface area contributed by atoms with Crippen LogP contribution in [0.5, 0.6) is 0 Å². The Hall–Kier alpha value is -1.46. The van der Waals surface area contributed by atoms with Crippen molar-refractivity contribution in [2.75, 3.05) is 13.1 Å². The third kappa shape index (κ3) is 1.79. The largest absolute Gasteiger partial charge is 0.315 e. The number of hydrogen-bond donors (Lipinski definition) is 2. The molecule has 0 saturated carbocycles. The van der Waals surface area contributed by atoms with Crippen molar-refractivity contribution in [1.82, 2.24) is 25.2 Å². The van der Waals surface area contributed by atoms with Gasteiger partial charge in [0.2, 0.25) is 0 Å². The maximum Gasteiger partial charge on any atom is 0.160 e. The highest BCUT2D eigenvalue weighted by molar-refractivity contribution is 5.36. The summed E-state index contributed by atoms with van der Waals surface area (Å²) in [6, 6.07) is 6.50. The molecule has 0 aromatic carbocycles. The van der Waals surface area contributed by atoms with E-state index in [-0.39, 0.29) is 0 Å². The van der Waals surface area contributed by atoms with Crippen LogP contribution in [0, 0.1) is 0 Å². The van der Waals surface area contributed by atoms with Crippen molar-refractivity contribution >= 4 is 5.65 Å². The normalized spacial score (nSPS) is 20.6. The van der Waals surface area contributed by atoms with Gasteiger partial charge in [-0.15, -0.1) is 10.2 Å². The molecule has 0 aliphatic carbocycles. The molecule has 1 fully saturated rings. The molecular weight excluding hydrogens is 202 g/mol. The number of rotatable bonds is 3. The van der Waals surface area contributed by atoms with E-state index in [0.29, 0.717) is 6.04 Å². The molecule has 0 amide bonds. The molecule has 1 aliphatic heterocycles. The van der Waals surface area contributed by atoms with E-state index in [1.54, 1.807) is 0 Å². The average Bonchev–Trinajstić information content (AvgIpc) is 2.96. The summed E-state index contributed by atoms with van der Waals surface area (Å²) >= 11 is 0. The third-order valence-corrected chi connectivity index (χ3v) is 2.99. The third-order valence-electron chi connectivity index (χ3n) is 2.99. The Labute approximate surface area is 93.9 Å². The monoisotopic (exact) mass is 217 g/mol. The maximum absolute atomic E-state index is 4.19. The minimum atomic E-state index is 0.566. The van der Waals surface area contributed by atoms with Crippen molar-refractivity contribution < 1.29 is 0 Å². The fourth-order valence-electron chi connectivity index (χ4n) is 2.08. The molecule has 0 radical (unpaired) electrons. The van der Waals surface area contributed by atoms with Crippen LogP contribution in [0.15, 0.2) is 24.4 Å². The molecule has 5 nitrogen and oxygen atoms in total. The van der Waals surface area contributed by atoms with E-state index in [1.807, 2.05) is 28.8 Å². The summed E-state index contributed by atoms with van der Waals surface area (Å²) in [5.41, 5.74) is 0.906. The second kappa shape index (κ2) is 4.19. The Morgan fingerprint density at radius 1 is 1.44 bits per heavy atom. The van der Waals surface area contributed by atoms with Crippen LogP contribution >= 0.6 is 0 Å². The second-order valence-electron chi connectivity index (χ2n) is 4.12. The van der Waals surface area contributed by atoms with Crippen molar-refractivity contribution in [3.8, 4) is 0 Å². The first-order valence-electron chi connectivity index (χ1n) is 5.66. The fourth-order valence-corrected chi connectivity index (χ4v) is 2.08. The number of pyridine rings is 1. The highest BCUT2D eigenvalue weighted by atomic mass is 15.3. The molecule has 5 heteroatoms. The van der Waals surface area contributed by atoms with Crippen LogP contribution < -0.4 is 10.6 Å². The predicted octanol–water partition coefficient (Wildman–Crippen LogP) is 0.181. The molecule has 1 aliphatic rings. The number of fused-ring (bicyclic) bond motifs is 1. The van der Waals surface area contributed by atoms with E-state index in [2.05, 4.69) is 20.8 Å². The smallest absolute Gasteiger partial charge is 0.160 e. The highest BCUT2D eigenvalue weighted by Crippen LogP contribution is 2.04. The Balaban J connectivity index is 1.73. The molecule has 16 heavy (non-hydrogen) atoms. The van der Waals surface area contributed by atoms with Crippen molar-refractivity contribution in [3.05, 3.63) is 30.2 Å². The summed E-state index contributed by atoms with van der Waals surface area (Å²) in [4.78, 5) is 0. The van der Waals surface area contributed by atoms with Gasteiger partial charge in [0, 0.05) is 18.8 Å². The van der Waals surface area contributed by atoms with Gasteiger partial charge in [-0.05, 0) is 25.1 Å². The first-order valence-corrected chi connectivity index (χ1v) is 5.66. The summed E-state index contributed by atoms with van der Waals surface area (Å²) in [6.45, 7) is 2.94. The highest BCUT2D eigenvalue weighted by Gasteiger charge is 2.14. The minimum Gasteiger partial charge on any atom is -0.315 e. The molecule has 3 heterocycles. The lowest BCUT2D eigenvalue weighted by Gasteiger charge is -2.09. The van der Waals surface area contributed by atoms with Crippen LogP contribution in [0.2, 0.25) is 0 Å². The average molecular weight is 217 g/mol. The van der Waals surface area contributed by atoms with Crippen LogP contribution in [0.3, 0.4) is 0 Å². The van der Waals surface area contributed by atoms with Crippen LogP contribution in [-0.2, 0) is 6.54 Å². The van der Waals surface area contributed by atoms with Crippen LogP contribution in [0.4, 0.5) is 0 Å². The van der Waals surface area contributed by atoms with Gasteiger partial charge in [-0.1, -0.05) is 6.07 Å². The molecule has 2 aromatic heterocycles. The summed E-state index contributed by atoms with van der Waals surface area (Å²) in [5.74, 6) is 0.975. The Bertz CT molecular complexity index is 472. The lowest BCUT2D eigenvalue weighted by Crippen LogP contribution is -2.31. The molecule has 3 rings (SSSR count). The zero-order chi connectivity index (χ0) is 10.8. The summed E-state index contributed by atoms with van der Waals surface area (Å²) in [7, 11) is 0. The SMILES string of the molecule is c1ccn2c(CNC3CCNC3)nnc2c1. The van der Waals surface area contributed by atoms with Gasteiger partial charge in [-0.2, -0.15) is 0 Å². The van der Waals surface area contributed by atoms with Crippen LogP contribution in [-0.4, -0.2) is 33.7 Å². The molecule has 0 bridgehead atoms. The molecule has 0 spiro atoms. The summed E-state index contributed by atoms with van der Waals surface area (Å²) in [5, 5.41) is 15.1. The molecule has 1 unspecified atom stereocenters. The van der Waals surface area contributed by atoms with Gasteiger partial charge < -0.3 is 10.6 Å². The molecule has 84 valence electrons. The fraction of sp³-hybridized carbons (Fsp3) is 0.455. The summed E-state index contributed by atoms with van der Waals surface area (Å²) in [6.07, 6.45) is 3.19. The van der Waals surface area contributed by atoms with Crippen LogP contribution in [0.1, 0.15) is 12.2 Å². The molecule has 2 N–H and O–H groups in total. The number of aromatic nitrogens is 3.